The number of allylic oxidation sites excluding steroid dienone is 1. The summed E-state index contributed by atoms with van der Waals surface area (Å²) in [6.45, 7) is 3.92. The maximum atomic E-state index is 6.25. The van der Waals surface area contributed by atoms with Crippen molar-refractivity contribution < 1.29 is 4.74 Å². The lowest BCUT2D eigenvalue weighted by Gasteiger charge is -2.22. The zero-order valence-electron chi connectivity index (χ0n) is 15.3. The smallest absolute Gasteiger partial charge is 0.0747 e. The first-order chi connectivity index (χ1) is 12.2. The number of ether oxygens (including phenoxy) is 1. The molecule has 1 aliphatic heterocycles. The topological polar surface area (TPSA) is 47.3 Å². The van der Waals surface area contributed by atoms with E-state index >= 15 is 0 Å². The Bertz CT molecular complexity index is 658. The lowest BCUT2D eigenvalue weighted by Crippen LogP contribution is -2.29. The van der Waals surface area contributed by atoms with Crippen LogP contribution < -0.4 is 11.1 Å². The highest BCUT2D eigenvalue weighted by atomic mass is 16.5. The molecule has 0 aromatic heterocycles. The third-order valence-electron chi connectivity index (χ3n) is 4.89. The van der Waals surface area contributed by atoms with Gasteiger partial charge in [-0.3, -0.25) is 0 Å². The summed E-state index contributed by atoms with van der Waals surface area (Å²) >= 11 is 0. The van der Waals surface area contributed by atoms with Crippen molar-refractivity contribution in [2.45, 2.75) is 58.0 Å². The van der Waals surface area contributed by atoms with E-state index < -0.39 is 0 Å². The van der Waals surface area contributed by atoms with Crippen molar-refractivity contribution in [2.24, 2.45) is 11.7 Å². The summed E-state index contributed by atoms with van der Waals surface area (Å²) in [6, 6.07) is 6.54. The summed E-state index contributed by atoms with van der Waals surface area (Å²) in [4.78, 5) is 0. The van der Waals surface area contributed by atoms with E-state index in [0.717, 1.165) is 43.7 Å². The molecule has 1 atom stereocenters. The summed E-state index contributed by atoms with van der Waals surface area (Å²) in [7, 11) is 0. The minimum Gasteiger partial charge on any atom is -0.401 e. The fourth-order valence-electron chi connectivity index (χ4n) is 3.19. The minimum absolute atomic E-state index is 0.324. The van der Waals surface area contributed by atoms with Crippen molar-refractivity contribution in [2.75, 3.05) is 13.2 Å². The number of hydrogen-bond donors (Lipinski definition) is 2. The van der Waals surface area contributed by atoms with Crippen LogP contribution in [0.2, 0.25) is 0 Å². The largest absolute Gasteiger partial charge is 0.401 e. The van der Waals surface area contributed by atoms with Gasteiger partial charge in [0.25, 0.3) is 0 Å². The first kappa shape index (κ1) is 17.9. The van der Waals surface area contributed by atoms with Gasteiger partial charge in [-0.2, -0.15) is 0 Å². The average Bonchev–Trinajstić information content (AvgIpc) is 3.45. The maximum absolute atomic E-state index is 6.25. The molecule has 3 heteroatoms. The lowest BCUT2D eigenvalue weighted by atomic mass is 9.98. The van der Waals surface area contributed by atoms with Crippen LogP contribution in [0.25, 0.3) is 0 Å². The Morgan fingerprint density at radius 2 is 2.16 bits per heavy atom. The van der Waals surface area contributed by atoms with Crippen LogP contribution in [0.5, 0.6) is 0 Å². The molecule has 1 aromatic carbocycles. The number of hydrogen-bond acceptors (Lipinski definition) is 3. The quantitative estimate of drug-likeness (QED) is 0.780. The molecule has 0 spiro atoms. The monoisotopic (exact) mass is 338 g/mol. The van der Waals surface area contributed by atoms with E-state index in [0.29, 0.717) is 12.0 Å². The molecule has 3 N–H and O–H groups in total. The summed E-state index contributed by atoms with van der Waals surface area (Å²) in [5.41, 5.74) is 10.9. The molecular weight excluding hydrogens is 308 g/mol. The molecule has 3 nitrogen and oxygen atoms in total. The molecule has 1 saturated heterocycles. The highest BCUT2D eigenvalue weighted by molar-refractivity contribution is 5.43. The van der Waals surface area contributed by atoms with Crippen LogP contribution in [0.1, 0.15) is 55.7 Å². The summed E-state index contributed by atoms with van der Waals surface area (Å²) in [5, 5.41) is 3.34. The van der Waals surface area contributed by atoms with Crippen molar-refractivity contribution in [3.05, 3.63) is 46.8 Å². The Balaban J connectivity index is 1.58. The second-order valence-corrected chi connectivity index (χ2v) is 7.17. The second-order valence-electron chi connectivity index (χ2n) is 7.17. The highest BCUT2D eigenvalue weighted by Gasteiger charge is 2.17. The van der Waals surface area contributed by atoms with Gasteiger partial charge in [0.05, 0.1) is 6.10 Å². The van der Waals surface area contributed by atoms with E-state index in [9.17, 15) is 0 Å². The Morgan fingerprint density at radius 1 is 1.28 bits per heavy atom. The maximum Gasteiger partial charge on any atom is 0.0747 e. The standard InChI is InChI=1S/C22H30N2O/c1-2-19-11-10-18(9-8-17-6-7-17)13-20(19)14-21(23)15-24-16-22-5-3-4-12-25-22/h10-11,13,15,17,22,24H,2-7,12,14,16,23H2,1H3/b21-15-. The number of nitrogens with one attached hydrogen (secondary N) is 1. The van der Waals surface area contributed by atoms with Gasteiger partial charge in [0.2, 0.25) is 0 Å². The Hall–Kier alpha value is -1.92. The van der Waals surface area contributed by atoms with Gasteiger partial charge in [-0.05, 0) is 61.8 Å². The van der Waals surface area contributed by atoms with Crippen LogP contribution in [0, 0.1) is 17.8 Å². The molecule has 1 aliphatic carbocycles. The molecule has 1 aromatic rings. The molecule has 0 bridgehead atoms. The predicted octanol–water partition coefficient (Wildman–Crippen LogP) is 3.51. The molecule has 2 aliphatic rings. The predicted molar refractivity (Wildman–Crippen MR) is 103 cm³/mol. The van der Waals surface area contributed by atoms with E-state index in [-0.39, 0.29) is 0 Å². The number of aryl methyl sites for hydroxylation is 1. The van der Waals surface area contributed by atoms with Crippen molar-refractivity contribution in [1.29, 1.82) is 0 Å². The Morgan fingerprint density at radius 3 is 2.88 bits per heavy atom. The first-order valence-electron chi connectivity index (χ1n) is 9.67. The number of benzene rings is 1. The van der Waals surface area contributed by atoms with Crippen LogP contribution >= 0.6 is 0 Å². The van der Waals surface area contributed by atoms with Crippen LogP contribution in [0.4, 0.5) is 0 Å². The van der Waals surface area contributed by atoms with Crippen molar-refractivity contribution >= 4 is 0 Å². The van der Waals surface area contributed by atoms with Gasteiger partial charge in [-0.25, -0.2) is 0 Å². The lowest BCUT2D eigenvalue weighted by molar-refractivity contribution is 0.0188. The van der Waals surface area contributed by atoms with Gasteiger partial charge in [0, 0.05) is 43.0 Å². The Kier molecular flexibility index (Phi) is 6.42. The van der Waals surface area contributed by atoms with E-state index in [4.69, 9.17) is 10.5 Å². The first-order valence-corrected chi connectivity index (χ1v) is 9.67. The molecule has 0 amide bonds. The fraction of sp³-hybridized carbons (Fsp3) is 0.545. The number of rotatable bonds is 6. The highest BCUT2D eigenvalue weighted by Crippen LogP contribution is 2.27. The zero-order valence-corrected chi connectivity index (χ0v) is 15.3. The Labute approximate surface area is 152 Å². The van der Waals surface area contributed by atoms with E-state index in [2.05, 4.69) is 42.3 Å². The molecule has 2 fully saturated rings. The molecule has 25 heavy (non-hydrogen) atoms. The SMILES string of the molecule is CCc1ccc(C#CC2CC2)cc1C/C(N)=C/NCC1CCCCO1. The molecule has 1 saturated carbocycles. The van der Waals surface area contributed by atoms with Crippen molar-refractivity contribution in [3.63, 3.8) is 0 Å². The summed E-state index contributed by atoms with van der Waals surface area (Å²) in [6.07, 6.45) is 10.2. The van der Waals surface area contributed by atoms with Crippen LogP contribution in [0.3, 0.4) is 0 Å². The third kappa shape index (κ3) is 5.83. The third-order valence-corrected chi connectivity index (χ3v) is 4.89. The van der Waals surface area contributed by atoms with E-state index in [1.165, 1.54) is 36.8 Å². The molecule has 1 heterocycles. The minimum atomic E-state index is 0.324. The van der Waals surface area contributed by atoms with Crippen LogP contribution in [-0.4, -0.2) is 19.3 Å². The van der Waals surface area contributed by atoms with E-state index in [1.54, 1.807) is 0 Å². The van der Waals surface area contributed by atoms with Crippen molar-refractivity contribution in [1.82, 2.24) is 5.32 Å². The summed E-state index contributed by atoms with van der Waals surface area (Å²) in [5.74, 6) is 7.28. The number of nitrogens with two attached hydrogens (primary N) is 1. The molecular formula is C22H30N2O. The van der Waals surface area contributed by atoms with Crippen LogP contribution in [0.15, 0.2) is 30.1 Å². The van der Waals surface area contributed by atoms with Gasteiger partial charge >= 0.3 is 0 Å². The van der Waals surface area contributed by atoms with Crippen LogP contribution in [-0.2, 0) is 17.6 Å². The normalized spacial score (nSPS) is 20.7. The average molecular weight is 338 g/mol. The van der Waals surface area contributed by atoms with Crippen molar-refractivity contribution in [3.8, 4) is 11.8 Å². The summed E-state index contributed by atoms with van der Waals surface area (Å²) < 4.78 is 5.73. The molecule has 134 valence electrons. The molecule has 3 rings (SSSR count). The van der Waals surface area contributed by atoms with E-state index in [1.807, 2.05) is 6.20 Å². The van der Waals surface area contributed by atoms with Gasteiger partial charge in [0.1, 0.15) is 0 Å². The van der Waals surface area contributed by atoms with Gasteiger partial charge in [-0.15, -0.1) is 0 Å². The molecule has 0 radical (unpaired) electrons. The zero-order chi connectivity index (χ0) is 17.5. The van der Waals surface area contributed by atoms with Gasteiger partial charge in [-0.1, -0.05) is 24.8 Å². The second kappa shape index (κ2) is 8.97. The fourth-order valence-corrected chi connectivity index (χ4v) is 3.19. The molecule has 1 unspecified atom stereocenters. The van der Waals surface area contributed by atoms with Gasteiger partial charge in [0.15, 0.2) is 0 Å². The van der Waals surface area contributed by atoms with Gasteiger partial charge < -0.3 is 15.8 Å².